The van der Waals surface area contributed by atoms with Crippen LogP contribution in [-0.4, -0.2) is 24.5 Å². The molecule has 0 aromatic heterocycles. The highest BCUT2D eigenvalue weighted by atomic mass is 16.5. The van der Waals surface area contributed by atoms with Crippen LogP contribution in [0.5, 0.6) is 0 Å². The molecule has 1 aliphatic rings. The number of allylic oxidation sites excluding steroid dienone is 2. The first-order chi connectivity index (χ1) is 10.5. The van der Waals surface area contributed by atoms with Crippen molar-refractivity contribution in [3.63, 3.8) is 0 Å². The number of aliphatic hydroxyl groups is 1. The van der Waals surface area contributed by atoms with E-state index in [0.29, 0.717) is 24.7 Å². The molecular formula is C19H27NO2. The maximum atomic E-state index is 10.3. The highest BCUT2D eigenvalue weighted by Crippen LogP contribution is 2.38. The standard InChI is InChI=1S/C19H27NO2/c1-5-20-8-9-22-18-7-6-16(12-17(18)21)19-14(3)10-13(2)11-15(19)4/h8,10-11,16,21H,5-7,9,12H2,1-4H3. The van der Waals surface area contributed by atoms with Crippen LogP contribution >= 0.6 is 0 Å². The summed E-state index contributed by atoms with van der Waals surface area (Å²) in [7, 11) is 0. The predicted molar refractivity (Wildman–Crippen MR) is 91.9 cm³/mol. The van der Waals surface area contributed by atoms with Crippen LogP contribution in [0.1, 0.15) is 54.4 Å². The number of aryl methyl sites for hydroxylation is 3. The Morgan fingerprint density at radius 2 is 1.95 bits per heavy atom. The number of hydrogen-bond donors (Lipinski definition) is 1. The largest absolute Gasteiger partial charge is 0.509 e. The topological polar surface area (TPSA) is 41.8 Å². The van der Waals surface area contributed by atoms with Crippen molar-refractivity contribution in [2.24, 2.45) is 4.99 Å². The summed E-state index contributed by atoms with van der Waals surface area (Å²) in [6.07, 6.45) is 4.25. The van der Waals surface area contributed by atoms with Gasteiger partial charge in [0.1, 0.15) is 18.1 Å². The molecule has 1 aromatic carbocycles. The summed E-state index contributed by atoms with van der Waals surface area (Å²) < 4.78 is 5.64. The van der Waals surface area contributed by atoms with Gasteiger partial charge in [0.15, 0.2) is 0 Å². The van der Waals surface area contributed by atoms with E-state index in [4.69, 9.17) is 4.74 Å². The fourth-order valence-electron chi connectivity index (χ4n) is 3.46. The van der Waals surface area contributed by atoms with Crippen LogP contribution in [0.25, 0.3) is 0 Å². The van der Waals surface area contributed by atoms with Crippen LogP contribution in [0.2, 0.25) is 0 Å². The lowest BCUT2D eigenvalue weighted by atomic mass is 9.81. The van der Waals surface area contributed by atoms with Crippen molar-refractivity contribution in [1.29, 1.82) is 0 Å². The molecule has 0 amide bonds. The van der Waals surface area contributed by atoms with Crippen LogP contribution in [0, 0.1) is 20.8 Å². The first-order valence-corrected chi connectivity index (χ1v) is 8.12. The number of aliphatic imine (C=N–C) groups is 1. The number of rotatable bonds is 5. The summed E-state index contributed by atoms with van der Waals surface area (Å²) >= 11 is 0. The highest BCUT2D eigenvalue weighted by molar-refractivity contribution is 5.58. The minimum Gasteiger partial charge on any atom is -0.509 e. The normalized spacial score (nSPS) is 19.0. The third-order valence-electron chi connectivity index (χ3n) is 4.27. The Morgan fingerprint density at radius 1 is 1.27 bits per heavy atom. The fourth-order valence-corrected chi connectivity index (χ4v) is 3.46. The van der Waals surface area contributed by atoms with Gasteiger partial charge < -0.3 is 9.84 Å². The lowest BCUT2D eigenvalue weighted by molar-refractivity contribution is 0.195. The summed E-state index contributed by atoms with van der Waals surface area (Å²) in [5, 5.41) is 10.3. The van der Waals surface area contributed by atoms with Gasteiger partial charge in [-0.15, -0.1) is 0 Å². The number of aliphatic hydroxyl groups excluding tert-OH is 1. The molecule has 0 spiro atoms. The van der Waals surface area contributed by atoms with Crippen molar-refractivity contribution in [3.05, 3.63) is 45.9 Å². The second-order valence-corrected chi connectivity index (χ2v) is 6.11. The molecule has 1 atom stereocenters. The van der Waals surface area contributed by atoms with E-state index in [1.807, 2.05) is 6.92 Å². The van der Waals surface area contributed by atoms with Crippen molar-refractivity contribution in [2.75, 3.05) is 13.2 Å². The number of hydrogen-bond acceptors (Lipinski definition) is 3. The van der Waals surface area contributed by atoms with Crippen molar-refractivity contribution in [1.82, 2.24) is 0 Å². The molecule has 0 aliphatic heterocycles. The zero-order valence-corrected chi connectivity index (χ0v) is 14.1. The van der Waals surface area contributed by atoms with E-state index < -0.39 is 0 Å². The van der Waals surface area contributed by atoms with Crippen LogP contribution in [0.4, 0.5) is 0 Å². The number of nitrogens with zero attached hydrogens (tertiary/aromatic N) is 1. The Bertz CT molecular complexity index is 564. The molecule has 0 bridgehead atoms. The Morgan fingerprint density at radius 3 is 2.55 bits per heavy atom. The number of benzene rings is 1. The van der Waals surface area contributed by atoms with Gasteiger partial charge >= 0.3 is 0 Å². The van der Waals surface area contributed by atoms with Gasteiger partial charge in [0.05, 0.1) is 0 Å². The van der Waals surface area contributed by atoms with Crippen molar-refractivity contribution < 1.29 is 9.84 Å². The molecule has 1 aliphatic carbocycles. The maximum Gasteiger partial charge on any atom is 0.134 e. The number of ether oxygens (including phenoxy) is 1. The van der Waals surface area contributed by atoms with Gasteiger partial charge in [-0.05, 0) is 56.7 Å². The zero-order valence-electron chi connectivity index (χ0n) is 14.1. The molecule has 3 nitrogen and oxygen atoms in total. The molecule has 0 radical (unpaired) electrons. The van der Waals surface area contributed by atoms with Gasteiger partial charge in [-0.3, -0.25) is 4.99 Å². The first kappa shape index (κ1) is 16.6. The monoisotopic (exact) mass is 301 g/mol. The third-order valence-corrected chi connectivity index (χ3v) is 4.27. The predicted octanol–water partition coefficient (Wildman–Crippen LogP) is 4.76. The zero-order chi connectivity index (χ0) is 16.1. The lowest BCUT2D eigenvalue weighted by Crippen LogP contribution is -2.14. The minimum atomic E-state index is 0.386. The van der Waals surface area contributed by atoms with E-state index in [1.165, 1.54) is 22.3 Å². The second-order valence-electron chi connectivity index (χ2n) is 6.11. The summed E-state index contributed by atoms with van der Waals surface area (Å²) in [5.41, 5.74) is 5.35. The van der Waals surface area contributed by atoms with Crippen LogP contribution < -0.4 is 0 Å². The molecule has 1 aromatic rings. The van der Waals surface area contributed by atoms with Crippen molar-refractivity contribution in [3.8, 4) is 0 Å². The van der Waals surface area contributed by atoms with Gasteiger partial charge in [-0.25, -0.2) is 0 Å². The van der Waals surface area contributed by atoms with E-state index in [1.54, 1.807) is 6.21 Å². The summed E-state index contributed by atoms with van der Waals surface area (Å²) in [4.78, 5) is 4.12. The van der Waals surface area contributed by atoms with E-state index >= 15 is 0 Å². The Balaban J connectivity index is 2.09. The van der Waals surface area contributed by atoms with Gasteiger partial charge in [-0.1, -0.05) is 17.7 Å². The van der Waals surface area contributed by atoms with Crippen molar-refractivity contribution in [2.45, 2.75) is 52.9 Å². The van der Waals surface area contributed by atoms with Gasteiger partial charge in [0.2, 0.25) is 0 Å². The fraction of sp³-hybridized carbons (Fsp3) is 0.526. The maximum absolute atomic E-state index is 10.3. The van der Waals surface area contributed by atoms with Crippen molar-refractivity contribution >= 4 is 6.21 Å². The third kappa shape index (κ3) is 3.90. The molecule has 0 saturated heterocycles. The van der Waals surface area contributed by atoms with Crippen LogP contribution in [-0.2, 0) is 4.74 Å². The molecular weight excluding hydrogens is 274 g/mol. The summed E-state index contributed by atoms with van der Waals surface area (Å²) in [6, 6.07) is 4.46. The summed E-state index contributed by atoms with van der Waals surface area (Å²) in [5.74, 6) is 1.53. The van der Waals surface area contributed by atoms with Gasteiger partial charge in [-0.2, -0.15) is 0 Å². The van der Waals surface area contributed by atoms with E-state index in [2.05, 4.69) is 37.9 Å². The smallest absolute Gasteiger partial charge is 0.134 e. The van der Waals surface area contributed by atoms with E-state index in [9.17, 15) is 5.11 Å². The molecule has 22 heavy (non-hydrogen) atoms. The average molecular weight is 301 g/mol. The van der Waals surface area contributed by atoms with Crippen LogP contribution in [0.15, 0.2) is 28.6 Å². The molecule has 0 fully saturated rings. The molecule has 3 heteroatoms. The quantitative estimate of drug-likeness (QED) is 0.797. The molecule has 120 valence electrons. The Hall–Kier alpha value is -1.77. The van der Waals surface area contributed by atoms with Gasteiger partial charge in [0.25, 0.3) is 0 Å². The van der Waals surface area contributed by atoms with E-state index in [0.717, 1.165) is 25.1 Å². The average Bonchev–Trinajstić information content (AvgIpc) is 2.44. The minimum absolute atomic E-state index is 0.386. The second kappa shape index (κ2) is 7.48. The highest BCUT2D eigenvalue weighted by Gasteiger charge is 2.25. The molecule has 0 heterocycles. The van der Waals surface area contributed by atoms with Gasteiger partial charge in [0, 0.05) is 25.6 Å². The van der Waals surface area contributed by atoms with E-state index in [-0.39, 0.29) is 0 Å². The molecule has 2 rings (SSSR count). The van der Waals surface area contributed by atoms with Crippen LogP contribution in [0.3, 0.4) is 0 Å². The molecule has 1 N–H and O–H groups in total. The summed E-state index contributed by atoms with van der Waals surface area (Å²) in [6.45, 7) is 9.67. The molecule has 0 saturated carbocycles. The Labute approximate surface area is 133 Å². The Kier molecular flexibility index (Phi) is 5.64. The lowest BCUT2D eigenvalue weighted by Gasteiger charge is -2.27. The SMILES string of the molecule is CCN=CCOC1=C(O)CC(c2c(C)cc(C)cc2C)CC1. The molecule has 1 unspecified atom stereocenters. The first-order valence-electron chi connectivity index (χ1n) is 8.12.